The molecular weight excluding hydrogens is 222 g/mol. The van der Waals surface area contributed by atoms with E-state index in [1.54, 1.807) is 0 Å². The number of nitriles is 1. The Morgan fingerprint density at radius 3 is 2.72 bits per heavy atom. The Kier molecular flexibility index (Phi) is 3.99. The van der Waals surface area contributed by atoms with E-state index in [2.05, 4.69) is 30.1 Å². The first kappa shape index (κ1) is 13.8. The number of likely N-dealkylation sites (tertiary alicyclic amines) is 1. The quantitative estimate of drug-likeness (QED) is 0.831. The van der Waals surface area contributed by atoms with Gasteiger partial charge in [0.25, 0.3) is 0 Å². The lowest BCUT2D eigenvalue weighted by Gasteiger charge is -2.30. The summed E-state index contributed by atoms with van der Waals surface area (Å²) in [5, 5.41) is 12.7. The van der Waals surface area contributed by atoms with Gasteiger partial charge in [-0.05, 0) is 57.2 Å². The van der Waals surface area contributed by atoms with Crippen LogP contribution in [0.4, 0.5) is 0 Å². The van der Waals surface area contributed by atoms with Crippen LogP contribution in [0.25, 0.3) is 0 Å². The minimum Gasteiger partial charge on any atom is -0.303 e. The molecule has 1 N–H and O–H groups in total. The van der Waals surface area contributed by atoms with Gasteiger partial charge in [0.15, 0.2) is 0 Å². The van der Waals surface area contributed by atoms with E-state index < -0.39 is 0 Å². The Labute approximate surface area is 112 Å². The molecule has 1 saturated heterocycles. The van der Waals surface area contributed by atoms with Crippen LogP contribution in [0, 0.1) is 22.7 Å². The highest BCUT2D eigenvalue weighted by Crippen LogP contribution is 2.38. The van der Waals surface area contributed by atoms with E-state index in [9.17, 15) is 5.26 Å². The monoisotopic (exact) mass is 249 g/mol. The van der Waals surface area contributed by atoms with Gasteiger partial charge in [0.1, 0.15) is 5.54 Å². The number of nitrogens with one attached hydrogen (secondary N) is 1. The fraction of sp³-hybridized carbons (Fsp3) is 0.933. The van der Waals surface area contributed by atoms with Gasteiger partial charge in [-0.15, -0.1) is 0 Å². The van der Waals surface area contributed by atoms with Gasteiger partial charge in [-0.1, -0.05) is 20.3 Å². The van der Waals surface area contributed by atoms with Gasteiger partial charge >= 0.3 is 0 Å². The Hall–Kier alpha value is -0.590. The molecule has 0 bridgehead atoms. The van der Waals surface area contributed by atoms with E-state index in [-0.39, 0.29) is 5.54 Å². The van der Waals surface area contributed by atoms with E-state index in [0.29, 0.717) is 11.3 Å². The van der Waals surface area contributed by atoms with Crippen molar-refractivity contribution in [3.63, 3.8) is 0 Å². The van der Waals surface area contributed by atoms with Crippen molar-refractivity contribution >= 4 is 0 Å². The molecule has 1 aliphatic carbocycles. The Morgan fingerprint density at radius 2 is 2.17 bits per heavy atom. The van der Waals surface area contributed by atoms with Gasteiger partial charge in [-0.3, -0.25) is 0 Å². The summed E-state index contributed by atoms with van der Waals surface area (Å²) in [5.41, 5.74) is 0.250. The van der Waals surface area contributed by atoms with Crippen molar-refractivity contribution in [2.24, 2.45) is 11.3 Å². The summed E-state index contributed by atoms with van der Waals surface area (Å²) in [6.45, 7) is 8.34. The molecule has 1 aliphatic heterocycles. The van der Waals surface area contributed by atoms with Crippen LogP contribution in [0.1, 0.15) is 46.0 Å². The van der Waals surface area contributed by atoms with Crippen molar-refractivity contribution in [3.05, 3.63) is 0 Å². The summed E-state index contributed by atoms with van der Waals surface area (Å²) in [7, 11) is 1.94. The third-order valence-electron chi connectivity index (χ3n) is 5.02. The fourth-order valence-electron chi connectivity index (χ4n) is 3.75. The third kappa shape index (κ3) is 2.70. The molecule has 3 heteroatoms. The first-order valence-corrected chi connectivity index (χ1v) is 7.34. The molecule has 1 saturated carbocycles. The van der Waals surface area contributed by atoms with Crippen LogP contribution >= 0.6 is 0 Å². The van der Waals surface area contributed by atoms with Gasteiger partial charge in [-0.2, -0.15) is 5.26 Å². The van der Waals surface area contributed by atoms with Crippen molar-refractivity contribution in [1.82, 2.24) is 10.2 Å². The average molecular weight is 249 g/mol. The molecule has 2 unspecified atom stereocenters. The van der Waals surface area contributed by atoms with Gasteiger partial charge < -0.3 is 10.2 Å². The molecule has 2 aliphatic rings. The van der Waals surface area contributed by atoms with Crippen LogP contribution in [-0.2, 0) is 0 Å². The highest BCUT2D eigenvalue weighted by molar-refractivity contribution is 5.13. The van der Waals surface area contributed by atoms with Crippen molar-refractivity contribution in [2.45, 2.75) is 51.5 Å². The van der Waals surface area contributed by atoms with Gasteiger partial charge in [0.05, 0.1) is 6.07 Å². The summed E-state index contributed by atoms with van der Waals surface area (Å²) < 4.78 is 0. The van der Waals surface area contributed by atoms with Gasteiger partial charge in [0, 0.05) is 6.54 Å². The predicted octanol–water partition coefficient (Wildman–Crippen LogP) is 2.39. The molecule has 18 heavy (non-hydrogen) atoms. The largest absolute Gasteiger partial charge is 0.303 e. The molecule has 0 aromatic rings. The maximum atomic E-state index is 9.44. The zero-order chi connectivity index (χ0) is 13.2. The van der Waals surface area contributed by atoms with Crippen LogP contribution in [0.15, 0.2) is 0 Å². The molecule has 0 amide bonds. The number of hydrogen-bond acceptors (Lipinski definition) is 3. The summed E-state index contributed by atoms with van der Waals surface area (Å²) in [5.74, 6) is 0.538. The van der Waals surface area contributed by atoms with E-state index in [0.717, 1.165) is 6.42 Å². The van der Waals surface area contributed by atoms with E-state index in [4.69, 9.17) is 0 Å². The van der Waals surface area contributed by atoms with Gasteiger partial charge in [0.2, 0.25) is 0 Å². The summed E-state index contributed by atoms with van der Waals surface area (Å²) in [6, 6.07) is 2.54. The average Bonchev–Trinajstić information content (AvgIpc) is 2.90. The molecule has 102 valence electrons. The highest BCUT2D eigenvalue weighted by atomic mass is 15.2. The Bertz CT molecular complexity index is 331. The van der Waals surface area contributed by atoms with Gasteiger partial charge in [-0.25, -0.2) is 0 Å². The van der Waals surface area contributed by atoms with Crippen molar-refractivity contribution < 1.29 is 0 Å². The fourth-order valence-corrected chi connectivity index (χ4v) is 3.75. The maximum absolute atomic E-state index is 9.44. The number of nitrogens with zero attached hydrogens (tertiary/aromatic N) is 2. The normalized spacial score (nSPS) is 35.8. The SMILES string of the molecule is CNC1(C#N)CCCC1CCN1CCC(C)(C)C1. The molecular formula is C15H27N3. The van der Waals surface area contributed by atoms with Crippen LogP contribution in [0.5, 0.6) is 0 Å². The van der Waals surface area contributed by atoms with E-state index in [1.807, 2.05) is 7.05 Å². The van der Waals surface area contributed by atoms with Crippen LogP contribution in [0.2, 0.25) is 0 Å². The predicted molar refractivity (Wildman–Crippen MR) is 74.2 cm³/mol. The second-order valence-electron chi connectivity index (χ2n) is 6.90. The summed E-state index contributed by atoms with van der Waals surface area (Å²) in [6.07, 6.45) is 5.92. The lowest BCUT2D eigenvalue weighted by Crippen LogP contribution is -2.45. The van der Waals surface area contributed by atoms with Crippen molar-refractivity contribution in [1.29, 1.82) is 5.26 Å². The standard InChI is InChI=1S/C15H27N3/c1-14(2)8-10-18(12-14)9-6-13-5-4-7-15(13,11-16)17-3/h13,17H,4-10,12H2,1-3H3. The maximum Gasteiger partial charge on any atom is 0.109 e. The Balaban J connectivity index is 1.85. The molecule has 1 heterocycles. The molecule has 0 aromatic carbocycles. The zero-order valence-electron chi connectivity index (χ0n) is 12.1. The minimum atomic E-state index is -0.241. The van der Waals surface area contributed by atoms with E-state index >= 15 is 0 Å². The van der Waals surface area contributed by atoms with Crippen LogP contribution < -0.4 is 5.32 Å². The molecule has 2 rings (SSSR count). The van der Waals surface area contributed by atoms with Crippen LogP contribution in [0.3, 0.4) is 0 Å². The van der Waals surface area contributed by atoms with E-state index in [1.165, 1.54) is 45.3 Å². The minimum absolute atomic E-state index is 0.241. The lowest BCUT2D eigenvalue weighted by molar-refractivity contribution is 0.240. The Morgan fingerprint density at radius 1 is 1.39 bits per heavy atom. The molecule has 0 aromatic heterocycles. The van der Waals surface area contributed by atoms with Crippen molar-refractivity contribution in [2.75, 3.05) is 26.7 Å². The topological polar surface area (TPSA) is 39.1 Å². The first-order valence-electron chi connectivity index (χ1n) is 7.34. The second kappa shape index (κ2) is 5.19. The lowest BCUT2D eigenvalue weighted by atomic mass is 9.86. The molecule has 2 fully saturated rings. The van der Waals surface area contributed by atoms with Crippen LogP contribution in [-0.4, -0.2) is 37.1 Å². The molecule has 0 radical (unpaired) electrons. The smallest absolute Gasteiger partial charge is 0.109 e. The second-order valence-corrected chi connectivity index (χ2v) is 6.90. The molecule has 0 spiro atoms. The highest BCUT2D eigenvalue weighted by Gasteiger charge is 2.42. The summed E-state index contributed by atoms with van der Waals surface area (Å²) in [4.78, 5) is 2.58. The number of rotatable bonds is 4. The summed E-state index contributed by atoms with van der Waals surface area (Å²) >= 11 is 0. The third-order valence-corrected chi connectivity index (χ3v) is 5.02. The first-order chi connectivity index (χ1) is 8.51. The molecule has 2 atom stereocenters. The number of hydrogen-bond donors (Lipinski definition) is 1. The zero-order valence-corrected chi connectivity index (χ0v) is 12.1. The van der Waals surface area contributed by atoms with Crippen molar-refractivity contribution in [3.8, 4) is 6.07 Å². The molecule has 3 nitrogen and oxygen atoms in total.